The van der Waals surface area contributed by atoms with E-state index in [0.717, 1.165) is 25.1 Å². The number of amides is 1. The fraction of sp³-hybridized carbons (Fsp3) is 0.250. The molecule has 1 aliphatic rings. The zero-order valence-electron chi connectivity index (χ0n) is 12.0. The van der Waals surface area contributed by atoms with Gasteiger partial charge < -0.3 is 0 Å². The molecule has 0 atom stereocenters. The van der Waals surface area contributed by atoms with Crippen LogP contribution in [0.5, 0.6) is 0 Å². The van der Waals surface area contributed by atoms with Gasteiger partial charge in [-0.1, -0.05) is 23.7 Å². The number of carbonyl (C=O) groups excluding carboxylic acids is 1. The van der Waals surface area contributed by atoms with E-state index in [1.165, 1.54) is 10.4 Å². The van der Waals surface area contributed by atoms with Gasteiger partial charge in [-0.15, -0.1) is 11.3 Å². The number of thiophene rings is 1. The summed E-state index contributed by atoms with van der Waals surface area (Å²) in [7, 11) is 0. The Morgan fingerprint density at radius 2 is 2.18 bits per heavy atom. The van der Waals surface area contributed by atoms with Crippen molar-refractivity contribution in [2.45, 2.75) is 13.0 Å². The van der Waals surface area contributed by atoms with Crippen LogP contribution < -0.4 is 5.43 Å². The van der Waals surface area contributed by atoms with Crippen LogP contribution in [0, 0.1) is 0 Å². The van der Waals surface area contributed by atoms with Gasteiger partial charge in [0.15, 0.2) is 0 Å². The first-order chi connectivity index (χ1) is 10.7. The van der Waals surface area contributed by atoms with Gasteiger partial charge in [-0.25, -0.2) is 5.43 Å². The molecule has 0 saturated heterocycles. The zero-order chi connectivity index (χ0) is 15.4. The third kappa shape index (κ3) is 3.94. The number of hydrogen-bond acceptors (Lipinski definition) is 4. The van der Waals surface area contributed by atoms with Gasteiger partial charge in [0.1, 0.15) is 0 Å². The molecule has 22 heavy (non-hydrogen) atoms. The number of hydrazone groups is 1. The summed E-state index contributed by atoms with van der Waals surface area (Å²) in [5.74, 6) is -0.0936. The first kappa shape index (κ1) is 15.2. The first-order valence-electron chi connectivity index (χ1n) is 7.06. The van der Waals surface area contributed by atoms with Gasteiger partial charge in [0.2, 0.25) is 0 Å². The molecule has 0 bridgehead atoms. The Bertz CT molecular complexity index is 681. The van der Waals surface area contributed by atoms with Crippen LogP contribution >= 0.6 is 22.9 Å². The van der Waals surface area contributed by atoms with E-state index in [1.807, 2.05) is 12.1 Å². The number of halogens is 1. The molecule has 1 aromatic carbocycles. The molecule has 1 N–H and O–H groups in total. The lowest BCUT2D eigenvalue weighted by Crippen LogP contribution is -2.38. The van der Waals surface area contributed by atoms with Crippen molar-refractivity contribution in [1.29, 1.82) is 0 Å². The first-order valence-corrected chi connectivity index (χ1v) is 8.31. The Kier molecular flexibility index (Phi) is 4.87. The van der Waals surface area contributed by atoms with E-state index in [0.29, 0.717) is 11.6 Å². The number of benzene rings is 1. The van der Waals surface area contributed by atoms with Gasteiger partial charge in [-0.05, 0) is 41.1 Å². The van der Waals surface area contributed by atoms with Crippen molar-refractivity contribution in [3.05, 3.63) is 56.7 Å². The molecule has 3 rings (SSSR count). The third-order valence-corrected chi connectivity index (χ3v) is 4.80. The number of carbonyl (C=O) groups is 1. The van der Waals surface area contributed by atoms with Gasteiger partial charge in [-0.3, -0.25) is 9.69 Å². The third-order valence-electron chi connectivity index (χ3n) is 3.53. The van der Waals surface area contributed by atoms with Crippen LogP contribution in [0.2, 0.25) is 5.02 Å². The van der Waals surface area contributed by atoms with Crippen LogP contribution in [0.3, 0.4) is 0 Å². The Morgan fingerprint density at radius 1 is 1.36 bits per heavy atom. The summed E-state index contributed by atoms with van der Waals surface area (Å²) < 4.78 is 0. The quantitative estimate of drug-likeness (QED) is 0.690. The van der Waals surface area contributed by atoms with Crippen molar-refractivity contribution >= 4 is 35.1 Å². The molecule has 0 unspecified atom stereocenters. The van der Waals surface area contributed by atoms with Crippen molar-refractivity contribution in [2.24, 2.45) is 5.10 Å². The average Bonchev–Trinajstić information content (AvgIpc) is 2.97. The van der Waals surface area contributed by atoms with Crippen LogP contribution in [-0.4, -0.2) is 30.1 Å². The largest absolute Gasteiger partial charge is 0.290 e. The molecular formula is C16H16ClN3OS. The molecule has 2 heterocycles. The Morgan fingerprint density at radius 3 is 3.00 bits per heavy atom. The van der Waals surface area contributed by atoms with Crippen molar-refractivity contribution < 1.29 is 4.79 Å². The Labute approximate surface area is 138 Å². The fourth-order valence-corrected chi connectivity index (χ4v) is 3.42. The minimum absolute atomic E-state index is 0.0936. The molecule has 0 radical (unpaired) electrons. The number of nitrogens with one attached hydrogen (secondary N) is 1. The SMILES string of the molecule is O=C(CN1CCc2sccc2C1)N/N=C/c1ccc(Cl)cc1. The zero-order valence-corrected chi connectivity index (χ0v) is 13.5. The minimum atomic E-state index is -0.0936. The number of nitrogens with zero attached hydrogens (tertiary/aromatic N) is 2. The normalized spacial score (nSPS) is 15.0. The highest BCUT2D eigenvalue weighted by molar-refractivity contribution is 7.10. The van der Waals surface area contributed by atoms with E-state index in [1.54, 1.807) is 29.7 Å². The van der Waals surface area contributed by atoms with Crippen molar-refractivity contribution in [1.82, 2.24) is 10.3 Å². The second kappa shape index (κ2) is 7.05. The average molecular weight is 334 g/mol. The topological polar surface area (TPSA) is 44.7 Å². The molecule has 6 heteroatoms. The Balaban J connectivity index is 1.48. The van der Waals surface area contributed by atoms with Crippen molar-refractivity contribution in [3.63, 3.8) is 0 Å². The lowest BCUT2D eigenvalue weighted by atomic mass is 10.1. The molecule has 0 fully saturated rings. The van der Waals surface area contributed by atoms with E-state index in [9.17, 15) is 4.79 Å². The monoisotopic (exact) mass is 333 g/mol. The maximum absolute atomic E-state index is 11.9. The van der Waals surface area contributed by atoms with E-state index in [4.69, 9.17) is 11.6 Å². The van der Waals surface area contributed by atoms with Crippen LogP contribution in [-0.2, 0) is 17.8 Å². The molecule has 1 aromatic heterocycles. The number of rotatable bonds is 4. The van der Waals surface area contributed by atoms with E-state index < -0.39 is 0 Å². The molecule has 4 nitrogen and oxygen atoms in total. The second-order valence-electron chi connectivity index (χ2n) is 5.17. The van der Waals surface area contributed by atoms with Gasteiger partial charge in [-0.2, -0.15) is 5.10 Å². The van der Waals surface area contributed by atoms with E-state index >= 15 is 0 Å². The van der Waals surface area contributed by atoms with Crippen LogP contribution in [0.1, 0.15) is 16.0 Å². The number of fused-ring (bicyclic) bond motifs is 1. The summed E-state index contributed by atoms with van der Waals surface area (Å²) in [6.07, 6.45) is 2.63. The molecule has 2 aromatic rings. The van der Waals surface area contributed by atoms with Crippen LogP contribution in [0.25, 0.3) is 0 Å². The molecule has 0 spiro atoms. The summed E-state index contributed by atoms with van der Waals surface area (Å²) in [6.45, 7) is 2.13. The maximum atomic E-state index is 11.9. The summed E-state index contributed by atoms with van der Waals surface area (Å²) in [5, 5.41) is 6.77. The lowest BCUT2D eigenvalue weighted by Gasteiger charge is -2.25. The smallest absolute Gasteiger partial charge is 0.254 e. The Hall–Kier alpha value is -1.69. The van der Waals surface area contributed by atoms with Crippen molar-refractivity contribution in [3.8, 4) is 0 Å². The summed E-state index contributed by atoms with van der Waals surface area (Å²) in [5.41, 5.74) is 4.80. The van der Waals surface area contributed by atoms with Crippen molar-refractivity contribution in [2.75, 3.05) is 13.1 Å². The summed E-state index contributed by atoms with van der Waals surface area (Å²) >= 11 is 7.61. The van der Waals surface area contributed by atoms with Gasteiger partial charge >= 0.3 is 0 Å². The highest BCUT2D eigenvalue weighted by Gasteiger charge is 2.18. The highest BCUT2D eigenvalue weighted by atomic mass is 35.5. The predicted molar refractivity (Wildman–Crippen MR) is 90.5 cm³/mol. The molecule has 1 aliphatic heterocycles. The molecule has 0 aliphatic carbocycles. The van der Waals surface area contributed by atoms with Crippen LogP contribution in [0.15, 0.2) is 40.8 Å². The standard InChI is InChI=1S/C16H16ClN3OS/c17-14-3-1-12(2-4-14)9-18-19-16(21)11-20-7-5-15-13(10-20)6-8-22-15/h1-4,6,8-9H,5,7,10-11H2,(H,19,21)/b18-9+. The number of hydrogen-bond donors (Lipinski definition) is 1. The molecule has 1 amide bonds. The van der Waals surface area contributed by atoms with Gasteiger partial charge in [0.05, 0.1) is 12.8 Å². The van der Waals surface area contributed by atoms with Crippen LogP contribution in [0.4, 0.5) is 0 Å². The highest BCUT2D eigenvalue weighted by Crippen LogP contribution is 2.23. The molecule has 114 valence electrons. The predicted octanol–water partition coefficient (Wildman–Crippen LogP) is 2.91. The van der Waals surface area contributed by atoms with Gasteiger partial charge in [0, 0.05) is 23.0 Å². The summed E-state index contributed by atoms with van der Waals surface area (Å²) in [6, 6.07) is 9.41. The molecule has 0 saturated carbocycles. The van der Waals surface area contributed by atoms with Gasteiger partial charge in [0.25, 0.3) is 5.91 Å². The fourth-order valence-electron chi connectivity index (χ4n) is 2.41. The maximum Gasteiger partial charge on any atom is 0.254 e. The lowest BCUT2D eigenvalue weighted by molar-refractivity contribution is -0.122. The molecular weight excluding hydrogens is 318 g/mol. The van der Waals surface area contributed by atoms with E-state index in [2.05, 4.69) is 26.9 Å². The van der Waals surface area contributed by atoms with E-state index in [-0.39, 0.29) is 5.91 Å². The second-order valence-corrected chi connectivity index (χ2v) is 6.61. The summed E-state index contributed by atoms with van der Waals surface area (Å²) in [4.78, 5) is 15.5. The minimum Gasteiger partial charge on any atom is -0.290 e.